The van der Waals surface area contributed by atoms with Crippen molar-refractivity contribution in [3.63, 3.8) is 0 Å². The van der Waals surface area contributed by atoms with Gasteiger partial charge in [-0.2, -0.15) is 0 Å². The van der Waals surface area contributed by atoms with Crippen molar-refractivity contribution < 1.29 is 9.53 Å². The molecule has 0 atom stereocenters. The molecule has 0 unspecified atom stereocenters. The van der Waals surface area contributed by atoms with Gasteiger partial charge in [-0.3, -0.25) is 4.79 Å². The van der Waals surface area contributed by atoms with E-state index in [1.54, 1.807) is 18.2 Å². The van der Waals surface area contributed by atoms with E-state index in [4.69, 9.17) is 16.3 Å². The second kappa shape index (κ2) is 7.89. The van der Waals surface area contributed by atoms with Crippen molar-refractivity contribution in [3.8, 4) is 5.75 Å². The van der Waals surface area contributed by atoms with Gasteiger partial charge in [-0.25, -0.2) is 0 Å². The lowest BCUT2D eigenvalue weighted by Gasteiger charge is -2.26. The van der Waals surface area contributed by atoms with Crippen LogP contribution in [0.5, 0.6) is 5.75 Å². The van der Waals surface area contributed by atoms with E-state index in [9.17, 15) is 4.79 Å². The summed E-state index contributed by atoms with van der Waals surface area (Å²) in [6, 6.07) is 5.35. The summed E-state index contributed by atoms with van der Waals surface area (Å²) in [5, 5.41) is 3.63. The molecular weight excluding hydrogens is 342 g/mol. The molecule has 0 aromatic heterocycles. The number of ether oxygens (including phenoxy) is 1. The molecule has 0 saturated carbocycles. The largest absolute Gasteiger partial charge is 0.483 e. The number of amides is 1. The maximum Gasteiger partial charge on any atom is 0.258 e. The fourth-order valence-corrected chi connectivity index (χ4v) is 2.86. The Kier molecular flexibility index (Phi) is 6.83. The molecule has 0 aliphatic heterocycles. The molecule has 1 rings (SSSR count). The number of benzene rings is 1. The predicted octanol–water partition coefficient (Wildman–Crippen LogP) is 4.28. The lowest BCUT2D eigenvalue weighted by atomic mass is 9.93. The molecule has 112 valence electrons. The fraction of sp³-hybridized carbons (Fsp3) is 0.533. The molecular formula is C15H21BrClNO2. The molecule has 0 spiro atoms. The van der Waals surface area contributed by atoms with Gasteiger partial charge in [-0.15, -0.1) is 0 Å². The Morgan fingerprint density at radius 1 is 1.30 bits per heavy atom. The van der Waals surface area contributed by atoms with Gasteiger partial charge in [0.1, 0.15) is 5.75 Å². The first-order chi connectivity index (χ1) is 9.31. The third kappa shape index (κ3) is 5.33. The zero-order valence-corrected chi connectivity index (χ0v) is 14.6. The third-order valence-corrected chi connectivity index (χ3v) is 3.87. The lowest BCUT2D eigenvalue weighted by molar-refractivity contribution is -0.124. The molecule has 0 radical (unpaired) electrons. The van der Waals surface area contributed by atoms with E-state index in [1.165, 1.54) is 0 Å². The first-order valence-electron chi connectivity index (χ1n) is 6.68. The van der Waals surface area contributed by atoms with Crippen LogP contribution in [0.25, 0.3) is 0 Å². The van der Waals surface area contributed by atoms with E-state index in [2.05, 4.69) is 48.9 Å². The number of hydrogen-bond acceptors (Lipinski definition) is 2. The van der Waals surface area contributed by atoms with Gasteiger partial charge in [0.25, 0.3) is 5.91 Å². The second-order valence-electron chi connectivity index (χ2n) is 5.44. The number of hydrogen-bond donors (Lipinski definition) is 1. The van der Waals surface area contributed by atoms with Crippen molar-refractivity contribution in [2.45, 2.75) is 33.7 Å². The summed E-state index contributed by atoms with van der Waals surface area (Å²) in [6.45, 7) is 8.39. The van der Waals surface area contributed by atoms with Crippen molar-refractivity contribution in [3.05, 3.63) is 27.7 Å². The van der Waals surface area contributed by atoms with E-state index < -0.39 is 0 Å². The van der Waals surface area contributed by atoms with Gasteiger partial charge in [0, 0.05) is 11.1 Å². The minimum atomic E-state index is -0.112. The SMILES string of the molecule is CC(C)C(NC(=O)COc1ccc(Cl)cc1Br)C(C)C. The highest BCUT2D eigenvalue weighted by atomic mass is 79.9. The van der Waals surface area contributed by atoms with Crippen LogP contribution in [-0.2, 0) is 4.79 Å². The van der Waals surface area contributed by atoms with E-state index >= 15 is 0 Å². The Morgan fingerprint density at radius 2 is 1.90 bits per heavy atom. The molecule has 1 aromatic rings. The number of rotatable bonds is 6. The normalized spacial score (nSPS) is 11.2. The third-order valence-electron chi connectivity index (χ3n) is 3.02. The molecule has 0 aliphatic rings. The molecule has 1 amide bonds. The fourth-order valence-electron chi connectivity index (χ4n) is 2.07. The molecule has 0 fully saturated rings. The first kappa shape index (κ1) is 17.3. The zero-order valence-electron chi connectivity index (χ0n) is 12.2. The summed E-state index contributed by atoms with van der Waals surface area (Å²) in [7, 11) is 0. The standard InChI is InChI=1S/C15H21BrClNO2/c1-9(2)15(10(3)4)18-14(19)8-20-13-6-5-11(17)7-12(13)16/h5-7,9-10,15H,8H2,1-4H3,(H,18,19). The maximum absolute atomic E-state index is 11.9. The molecule has 20 heavy (non-hydrogen) atoms. The van der Waals surface area contributed by atoms with Gasteiger partial charge < -0.3 is 10.1 Å². The first-order valence-corrected chi connectivity index (χ1v) is 7.85. The molecule has 1 N–H and O–H groups in total. The van der Waals surface area contributed by atoms with E-state index in [1.807, 2.05) is 0 Å². The lowest BCUT2D eigenvalue weighted by Crippen LogP contribution is -2.44. The van der Waals surface area contributed by atoms with Crippen molar-refractivity contribution >= 4 is 33.4 Å². The second-order valence-corrected chi connectivity index (χ2v) is 6.74. The highest BCUT2D eigenvalue weighted by Gasteiger charge is 2.19. The number of carbonyl (C=O) groups is 1. The van der Waals surface area contributed by atoms with Gasteiger partial charge in [0.15, 0.2) is 6.61 Å². The van der Waals surface area contributed by atoms with Crippen molar-refractivity contribution in [2.24, 2.45) is 11.8 Å². The predicted molar refractivity (Wildman–Crippen MR) is 86.3 cm³/mol. The van der Waals surface area contributed by atoms with Crippen molar-refractivity contribution in [1.82, 2.24) is 5.32 Å². The zero-order chi connectivity index (χ0) is 15.3. The Bertz CT molecular complexity index is 455. The molecule has 0 aliphatic carbocycles. The Morgan fingerprint density at radius 3 is 2.40 bits per heavy atom. The van der Waals surface area contributed by atoms with Crippen molar-refractivity contribution in [2.75, 3.05) is 6.61 Å². The summed E-state index contributed by atoms with van der Waals surface area (Å²) in [5.41, 5.74) is 0. The number of nitrogens with one attached hydrogen (secondary N) is 1. The Labute approximate surface area is 134 Å². The molecule has 0 bridgehead atoms. The Hall–Kier alpha value is -0.740. The maximum atomic E-state index is 11.9. The van der Waals surface area contributed by atoms with Gasteiger partial charge in [0.05, 0.1) is 4.47 Å². The highest BCUT2D eigenvalue weighted by molar-refractivity contribution is 9.10. The number of halogens is 2. The monoisotopic (exact) mass is 361 g/mol. The summed E-state index contributed by atoms with van der Waals surface area (Å²) in [4.78, 5) is 11.9. The van der Waals surface area contributed by atoms with Crippen LogP contribution in [0, 0.1) is 11.8 Å². The van der Waals surface area contributed by atoms with Crippen LogP contribution in [0.15, 0.2) is 22.7 Å². The van der Waals surface area contributed by atoms with Crippen LogP contribution < -0.4 is 10.1 Å². The molecule has 0 saturated heterocycles. The average molecular weight is 363 g/mol. The van der Waals surface area contributed by atoms with Crippen LogP contribution in [0.3, 0.4) is 0 Å². The topological polar surface area (TPSA) is 38.3 Å². The highest BCUT2D eigenvalue weighted by Crippen LogP contribution is 2.27. The van der Waals surface area contributed by atoms with Gasteiger partial charge in [-0.1, -0.05) is 39.3 Å². The van der Waals surface area contributed by atoms with Crippen LogP contribution in [-0.4, -0.2) is 18.6 Å². The molecule has 3 nitrogen and oxygen atoms in total. The van der Waals surface area contributed by atoms with E-state index in [0.717, 1.165) is 4.47 Å². The van der Waals surface area contributed by atoms with Gasteiger partial charge in [0.2, 0.25) is 0 Å². The smallest absolute Gasteiger partial charge is 0.258 e. The molecule has 5 heteroatoms. The van der Waals surface area contributed by atoms with Gasteiger partial charge >= 0.3 is 0 Å². The summed E-state index contributed by atoms with van der Waals surface area (Å²) in [5.74, 6) is 1.27. The quantitative estimate of drug-likeness (QED) is 0.820. The van der Waals surface area contributed by atoms with E-state index in [0.29, 0.717) is 22.6 Å². The summed E-state index contributed by atoms with van der Waals surface area (Å²) in [6.07, 6.45) is 0. The minimum Gasteiger partial charge on any atom is -0.483 e. The number of carbonyl (C=O) groups excluding carboxylic acids is 1. The van der Waals surface area contributed by atoms with Gasteiger partial charge in [-0.05, 0) is 46.0 Å². The van der Waals surface area contributed by atoms with Crippen LogP contribution in [0.4, 0.5) is 0 Å². The summed E-state index contributed by atoms with van der Waals surface area (Å²) < 4.78 is 6.23. The summed E-state index contributed by atoms with van der Waals surface area (Å²) >= 11 is 9.21. The average Bonchev–Trinajstić information content (AvgIpc) is 2.34. The Balaban J connectivity index is 2.54. The van der Waals surface area contributed by atoms with Crippen molar-refractivity contribution in [1.29, 1.82) is 0 Å². The van der Waals surface area contributed by atoms with Crippen LogP contribution in [0.1, 0.15) is 27.7 Å². The molecule has 0 heterocycles. The minimum absolute atomic E-state index is 0.00380. The van der Waals surface area contributed by atoms with Crippen LogP contribution >= 0.6 is 27.5 Å². The van der Waals surface area contributed by atoms with E-state index in [-0.39, 0.29) is 18.6 Å². The van der Waals surface area contributed by atoms with Crippen LogP contribution in [0.2, 0.25) is 5.02 Å². The molecule has 1 aromatic carbocycles.